The van der Waals surface area contributed by atoms with E-state index in [1.165, 1.54) is 32.2 Å². The van der Waals surface area contributed by atoms with Gasteiger partial charge >= 0.3 is 0 Å². The van der Waals surface area contributed by atoms with Gasteiger partial charge in [-0.25, -0.2) is 0 Å². The number of carbonyl (C=O) groups is 1. The van der Waals surface area contributed by atoms with E-state index < -0.39 is 0 Å². The normalized spacial score (nSPS) is 29.0. The molecule has 0 aromatic carbocycles. The molecule has 5 heteroatoms. The minimum Gasteiger partial charge on any atom is -0.368 e. The average molecular weight is 242 g/mol. The number of hydrogen-bond donors (Lipinski definition) is 4. The van der Waals surface area contributed by atoms with E-state index in [2.05, 4.69) is 10.6 Å². The van der Waals surface area contributed by atoms with Crippen LogP contribution in [0.1, 0.15) is 38.5 Å². The number of nitrogens with two attached hydrogens (primary N) is 2. The molecule has 6 N–H and O–H groups in total. The van der Waals surface area contributed by atoms with E-state index in [1.807, 2.05) is 0 Å². The first kappa shape index (κ1) is 14.4. The molecule has 5 nitrogen and oxygen atoms in total. The van der Waals surface area contributed by atoms with Gasteiger partial charge in [-0.2, -0.15) is 0 Å². The second-order valence-corrected chi connectivity index (χ2v) is 4.79. The van der Waals surface area contributed by atoms with E-state index in [0.717, 1.165) is 25.9 Å². The molecule has 2 aliphatic heterocycles. The Balaban J connectivity index is 0.000000171. The van der Waals surface area contributed by atoms with Gasteiger partial charge < -0.3 is 22.1 Å². The number of primary amides is 1. The molecule has 17 heavy (non-hydrogen) atoms. The van der Waals surface area contributed by atoms with Crippen LogP contribution in [0, 0.1) is 0 Å². The van der Waals surface area contributed by atoms with Crippen molar-refractivity contribution in [2.75, 3.05) is 19.6 Å². The third-order valence-electron chi connectivity index (χ3n) is 3.35. The lowest BCUT2D eigenvalue weighted by atomic mass is 10.1. The molecule has 2 saturated heterocycles. The van der Waals surface area contributed by atoms with Crippen molar-refractivity contribution in [3.8, 4) is 0 Å². The van der Waals surface area contributed by atoms with E-state index in [4.69, 9.17) is 11.5 Å². The van der Waals surface area contributed by atoms with Crippen LogP contribution < -0.4 is 22.1 Å². The lowest BCUT2D eigenvalue weighted by Gasteiger charge is -2.21. The summed E-state index contributed by atoms with van der Waals surface area (Å²) in [5.74, 6) is -0.213. The summed E-state index contributed by atoms with van der Waals surface area (Å²) >= 11 is 0. The summed E-state index contributed by atoms with van der Waals surface area (Å²) in [4.78, 5) is 10.5. The topological polar surface area (TPSA) is 93.2 Å². The fraction of sp³-hybridized carbons (Fsp3) is 0.917. The summed E-state index contributed by atoms with van der Waals surface area (Å²) in [6, 6.07) is 0.558. The SMILES string of the molecule is NC(=O)C1CCCCN1.NC[C@H]1CCCCN1. The third-order valence-corrected chi connectivity index (χ3v) is 3.35. The predicted molar refractivity (Wildman–Crippen MR) is 69.5 cm³/mol. The summed E-state index contributed by atoms with van der Waals surface area (Å²) in [7, 11) is 0. The second kappa shape index (κ2) is 8.44. The van der Waals surface area contributed by atoms with Gasteiger partial charge in [-0.3, -0.25) is 4.79 Å². The zero-order chi connectivity index (χ0) is 12.5. The maximum absolute atomic E-state index is 10.5. The molecule has 2 heterocycles. The van der Waals surface area contributed by atoms with Crippen LogP contribution in [0.2, 0.25) is 0 Å². The molecule has 0 aromatic heterocycles. The quantitative estimate of drug-likeness (QED) is 0.535. The molecule has 0 aromatic rings. The van der Waals surface area contributed by atoms with Gasteiger partial charge in [0.2, 0.25) is 5.91 Å². The molecule has 2 aliphatic rings. The molecule has 2 atom stereocenters. The van der Waals surface area contributed by atoms with Crippen LogP contribution in [0.4, 0.5) is 0 Å². The fourth-order valence-electron chi connectivity index (χ4n) is 2.22. The maximum Gasteiger partial charge on any atom is 0.234 e. The van der Waals surface area contributed by atoms with Gasteiger partial charge in [0.1, 0.15) is 0 Å². The van der Waals surface area contributed by atoms with Crippen LogP contribution in [-0.4, -0.2) is 37.6 Å². The number of piperidine rings is 2. The van der Waals surface area contributed by atoms with E-state index >= 15 is 0 Å². The van der Waals surface area contributed by atoms with Crippen molar-refractivity contribution in [3.05, 3.63) is 0 Å². The number of hydrogen-bond acceptors (Lipinski definition) is 4. The summed E-state index contributed by atoms with van der Waals surface area (Å²) in [6.07, 6.45) is 7.17. The molecule has 2 fully saturated rings. The van der Waals surface area contributed by atoms with Crippen LogP contribution in [0.5, 0.6) is 0 Å². The maximum atomic E-state index is 10.5. The van der Waals surface area contributed by atoms with Gasteiger partial charge in [-0.1, -0.05) is 12.8 Å². The standard InChI is InChI=1S/C6H12N2O.C6H14N2/c7-6(9)5-3-1-2-4-8-5;7-5-6-3-1-2-4-8-6/h5,8H,1-4H2,(H2,7,9);6,8H,1-5,7H2/t;6-/m.1/s1. The molecule has 0 aliphatic carbocycles. The van der Waals surface area contributed by atoms with Crippen molar-refractivity contribution in [2.45, 2.75) is 50.6 Å². The van der Waals surface area contributed by atoms with Crippen LogP contribution >= 0.6 is 0 Å². The number of amides is 1. The van der Waals surface area contributed by atoms with E-state index in [0.29, 0.717) is 6.04 Å². The first-order valence-electron chi connectivity index (χ1n) is 6.70. The lowest BCUT2D eigenvalue weighted by Crippen LogP contribution is -2.44. The van der Waals surface area contributed by atoms with Gasteiger partial charge in [-0.05, 0) is 38.8 Å². The van der Waals surface area contributed by atoms with Crippen molar-refractivity contribution in [2.24, 2.45) is 11.5 Å². The summed E-state index contributed by atoms with van der Waals surface area (Å²) in [5, 5.41) is 6.39. The average Bonchev–Trinajstić information content (AvgIpc) is 2.41. The summed E-state index contributed by atoms with van der Waals surface area (Å²) < 4.78 is 0. The van der Waals surface area contributed by atoms with E-state index in [-0.39, 0.29) is 11.9 Å². The summed E-state index contributed by atoms with van der Waals surface area (Å²) in [6.45, 7) is 2.91. The first-order valence-corrected chi connectivity index (χ1v) is 6.70. The van der Waals surface area contributed by atoms with Crippen LogP contribution in [-0.2, 0) is 4.79 Å². The van der Waals surface area contributed by atoms with E-state index in [9.17, 15) is 4.79 Å². The molecule has 2 rings (SSSR count). The van der Waals surface area contributed by atoms with Gasteiger partial charge in [0, 0.05) is 12.6 Å². The van der Waals surface area contributed by atoms with Crippen LogP contribution in [0.25, 0.3) is 0 Å². The molecule has 0 saturated carbocycles. The number of rotatable bonds is 2. The van der Waals surface area contributed by atoms with Gasteiger partial charge in [0.25, 0.3) is 0 Å². The van der Waals surface area contributed by atoms with Crippen molar-refractivity contribution < 1.29 is 4.79 Å². The zero-order valence-corrected chi connectivity index (χ0v) is 10.6. The summed E-state index contributed by atoms with van der Waals surface area (Å²) in [5.41, 5.74) is 10.5. The van der Waals surface area contributed by atoms with Gasteiger partial charge in [0.05, 0.1) is 6.04 Å². The third kappa shape index (κ3) is 6.00. The minimum absolute atomic E-state index is 0.0567. The molecule has 1 amide bonds. The molecular weight excluding hydrogens is 216 g/mol. The van der Waals surface area contributed by atoms with E-state index in [1.54, 1.807) is 0 Å². The number of carbonyl (C=O) groups excluding carboxylic acids is 1. The largest absolute Gasteiger partial charge is 0.368 e. The number of nitrogens with one attached hydrogen (secondary N) is 2. The molecular formula is C12H26N4O. The highest BCUT2D eigenvalue weighted by atomic mass is 16.1. The van der Waals surface area contributed by atoms with Crippen molar-refractivity contribution in [1.82, 2.24) is 10.6 Å². The van der Waals surface area contributed by atoms with Gasteiger partial charge in [-0.15, -0.1) is 0 Å². The van der Waals surface area contributed by atoms with Crippen molar-refractivity contribution in [1.29, 1.82) is 0 Å². The first-order chi connectivity index (χ1) is 8.24. The Kier molecular flexibility index (Phi) is 7.16. The highest BCUT2D eigenvalue weighted by Crippen LogP contribution is 2.05. The van der Waals surface area contributed by atoms with Crippen molar-refractivity contribution in [3.63, 3.8) is 0 Å². The Morgan fingerprint density at radius 1 is 1.06 bits per heavy atom. The van der Waals surface area contributed by atoms with Crippen LogP contribution in [0.15, 0.2) is 0 Å². The zero-order valence-electron chi connectivity index (χ0n) is 10.6. The fourth-order valence-corrected chi connectivity index (χ4v) is 2.22. The van der Waals surface area contributed by atoms with Gasteiger partial charge in [0.15, 0.2) is 0 Å². The van der Waals surface area contributed by atoms with Crippen LogP contribution in [0.3, 0.4) is 0 Å². The second-order valence-electron chi connectivity index (χ2n) is 4.79. The minimum atomic E-state index is -0.213. The Hall–Kier alpha value is -0.650. The molecule has 100 valence electrons. The smallest absolute Gasteiger partial charge is 0.234 e. The highest BCUT2D eigenvalue weighted by Gasteiger charge is 2.16. The lowest BCUT2D eigenvalue weighted by molar-refractivity contribution is -0.120. The Bertz CT molecular complexity index is 211. The Morgan fingerprint density at radius 3 is 2.00 bits per heavy atom. The molecule has 1 unspecified atom stereocenters. The highest BCUT2D eigenvalue weighted by molar-refractivity contribution is 5.79. The monoisotopic (exact) mass is 242 g/mol. The molecule has 0 spiro atoms. The van der Waals surface area contributed by atoms with Crippen molar-refractivity contribution >= 4 is 5.91 Å². The Morgan fingerprint density at radius 2 is 1.71 bits per heavy atom. The predicted octanol–water partition coefficient (Wildman–Crippen LogP) is -0.299. The molecule has 0 bridgehead atoms. The molecule has 0 radical (unpaired) electrons. The Labute approximate surface area is 104 Å².